The maximum atomic E-state index is 13.1. The Morgan fingerprint density at radius 2 is 0.960 bits per heavy atom. The number of carbonyl (C=O) groups is 2. The van der Waals surface area contributed by atoms with E-state index in [1.165, 1.54) is 0 Å². The topological polar surface area (TPSA) is 158 Å². The lowest BCUT2D eigenvalue weighted by atomic mass is 9.99. The van der Waals surface area contributed by atoms with Crippen LogP contribution < -0.4 is 10.7 Å². The number of esters is 2. The van der Waals surface area contributed by atoms with Crippen LogP contribution in [-0.2, 0) is 9.47 Å². The van der Waals surface area contributed by atoms with E-state index in [2.05, 4.69) is 12.1 Å². The molecule has 3 aromatic carbocycles. The van der Waals surface area contributed by atoms with Crippen molar-refractivity contribution < 1.29 is 19.1 Å². The van der Waals surface area contributed by atoms with Crippen LogP contribution in [0, 0.1) is 47.3 Å². The van der Waals surface area contributed by atoms with Crippen molar-refractivity contribution in [3.63, 3.8) is 0 Å². The lowest BCUT2D eigenvalue weighted by molar-refractivity contribution is 0.0512. The minimum Gasteiger partial charge on any atom is -0.462 e. The molecule has 0 aliphatic rings. The van der Waals surface area contributed by atoms with E-state index < -0.39 is 11.9 Å². The number of ether oxygens (including phenoxy) is 2. The van der Waals surface area contributed by atoms with Gasteiger partial charge < -0.3 is 18.6 Å². The third-order valence-electron chi connectivity index (χ3n) is 8.10. The fraction of sp³-hybridized carbons (Fsp3) is 0.158. The SMILES string of the molecule is CCOC(=O)c1c(C)n(-c2ccc(-n3c(C)c(C(=O)OCC)c(=N)c(C#N)c3-c3ccc(Cl)cc3)cc2)c(-c2ccc(Cl)cc2)c(C#N)c1=N. The van der Waals surface area contributed by atoms with E-state index in [9.17, 15) is 20.1 Å². The maximum Gasteiger partial charge on any atom is 0.342 e. The molecule has 0 spiro atoms. The molecule has 12 heteroatoms. The van der Waals surface area contributed by atoms with Crippen molar-refractivity contribution in [2.75, 3.05) is 13.2 Å². The minimum absolute atomic E-state index is 0.0379. The van der Waals surface area contributed by atoms with Crippen LogP contribution >= 0.6 is 23.2 Å². The van der Waals surface area contributed by atoms with E-state index in [0.717, 1.165) is 0 Å². The van der Waals surface area contributed by atoms with Crippen molar-refractivity contribution in [2.45, 2.75) is 27.7 Å². The number of rotatable bonds is 8. The van der Waals surface area contributed by atoms with E-state index in [1.54, 1.807) is 110 Å². The van der Waals surface area contributed by atoms with E-state index in [4.69, 9.17) is 43.5 Å². The zero-order valence-corrected chi connectivity index (χ0v) is 29.0. The molecule has 2 aromatic heterocycles. The predicted octanol–water partition coefficient (Wildman–Crippen LogP) is 7.58. The van der Waals surface area contributed by atoms with Gasteiger partial charge in [0, 0.05) is 43.9 Å². The summed E-state index contributed by atoms with van der Waals surface area (Å²) >= 11 is 12.4. The Bertz CT molecular complexity index is 2200. The molecule has 0 aliphatic heterocycles. The van der Waals surface area contributed by atoms with Crippen molar-refractivity contribution in [1.82, 2.24) is 9.13 Å². The molecule has 10 nitrogen and oxygen atoms in total. The third kappa shape index (κ3) is 6.30. The second-order valence-electron chi connectivity index (χ2n) is 11.0. The number of aromatic nitrogens is 2. The van der Waals surface area contributed by atoms with Gasteiger partial charge in [0.05, 0.1) is 35.3 Å². The standard InChI is InChI=1S/C38H30Cl2N6O4/c1-5-49-37(47)31-21(3)45(35(29(19-41)33(31)43)23-7-11-25(39)12-8-23)27-15-17-28(18-16-27)46-22(4)32(38(48)50-6-2)34(44)30(20-42)36(46)24-9-13-26(40)14-10-24/h7-18,43-44H,5-6H2,1-4H3. The Labute approximate surface area is 297 Å². The van der Waals surface area contributed by atoms with E-state index >= 15 is 0 Å². The highest BCUT2D eigenvalue weighted by Crippen LogP contribution is 2.33. The second-order valence-corrected chi connectivity index (χ2v) is 11.9. The van der Waals surface area contributed by atoms with Crippen LogP contribution in [0.25, 0.3) is 33.9 Å². The van der Waals surface area contributed by atoms with Crippen LogP contribution in [0.15, 0.2) is 72.8 Å². The van der Waals surface area contributed by atoms with E-state index in [-0.39, 0.29) is 46.2 Å². The summed E-state index contributed by atoms with van der Waals surface area (Å²) in [6, 6.07) is 24.9. The van der Waals surface area contributed by atoms with Crippen LogP contribution in [0.3, 0.4) is 0 Å². The summed E-state index contributed by atoms with van der Waals surface area (Å²) in [5.41, 5.74) is 3.53. The number of hydrogen-bond acceptors (Lipinski definition) is 8. The summed E-state index contributed by atoms with van der Waals surface area (Å²) in [5.74, 6) is -1.46. The van der Waals surface area contributed by atoms with Gasteiger partial charge in [0.2, 0.25) is 0 Å². The maximum absolute atomic E-state index is 13.1. The van der Waals surface area contributed by atoms with Gasteiger partial charge in [-0.15, -0.1) is 0 Å². The largest absolute Gasteiger partial charge is 0.462 e. The quantitative estimate of drug-likeness (QED) is 0.159. The van der Waals surface area contributed by atoms with Crippen LogP contribution in [0.2, 0.25) is 10.0 Å². The van der Waals surface area contributed by atoms with Gasteiger partial charge >= 0.3 is 11.9 Å². The van der Waals surface area contributed by atoms with Crippen molar-refractivity contribution in [3.8, 4) is 46.0 Å². The van der Waals surface area contributed by atoms with Gasteiger partial charge in [0.25, 0.3) is 0 Å². The highest BCUT2D eigenvalue weighted by atomic mass is 35.5. The molecule has 0 bridgehead atoms. The normalized spacial score (nSPS) is 10.6. The first kappa shape index (κ1) is 35.4. The minimum atomic E-state index is -0.732. The summed E-state index contributed by atoms with van der Waals surface area (Å²) in [6.45, 7) is 6.83. The van der Waals surface area contributed by atoms with Gasteiger partial charge in [-0.3, -0.25) is 10.8 Å². The first-order chi connectivity index (χ1) is 24.0. The zero-order chi connectivity index (χ0) is 36.3. The summed E-state index contributed by atoms with van der Waals surface area (Å²) < 4.78 is 14.0. The molecule has 0 saturated carbocycles. The van der Waals surface area contributed by atoms with Crippen molar-refractivity contribution >= 4 is 35.1 Å². The Balaban J connectivity index is 1.85. The van der Waals surface area contributed by atoms with Crippen molar-refractivity contribution in [3.05, 3.63) is 127 Å². The molecule has 2 heterocycles. The molecule has 0 fully saturated rings. The molecule has 250 valence electrons. The van der Waals surface area contributed by atoms with Gasteiger partial charge in [-0.2, -0.15) is 10.5 Å². The van der Waals surface area contributed by atoms with Crippen molar-refractivity contribution in [2.24, 2.45) is 0 Å². The number of pyridine rings is 2. The Morgan fingerprint density at radius 1 is 0.640 bits per heavy atom. The fourth-order valence-electron chi connectivity index (χ4n) is 5.91. The van der Waals surface area contributed by atoms with Gasteiger partial charge in [-0.1, -0.05) is 47.5 Å². The van der Waals surface area contributed by atoms with Gasteiger partial charge in [-0.05, 0) is 76.2 Å². The van der Waals surface area contributed by atoms with Crippen LogP contribution in [0.4, 0.5) is 0 Å². The molecular formula is C38H30Cl2N6O4. The first-order valence-corrected chi connectivity index (χ1v) is 16.2. The number of nitriles is 2. The summed E-state index contributed by atoms with van der Waals surface area (Å²) in [7, 11) is 0. The molecule has 2 N–H and O–H groups in total. The molecule has 0 aliphatic carbocycles. The van der Waals surface area contributed by atoms with E-state index in [1.807, 2.05) is 0 Å². The van der Waals surface area contributed by atoms with Gasteiger partial charge in [0.1, 0.15) is 34.4 Å². The molecule has 0 atom stereocenters. The average molecular weight is 706 g/mol. The third-order valence-corrected chi connectivity index (χ3v) is 8.60. The molecule has 50 heavy (non-hydrogen) atoms. The average Bonchev–Trinajstić information content (AvgIpc) is 3.09. The summed E-state index contributed by atoms with van der Waals surface area (Å²) in [6.07, 6.45) is 0. The van der Waals surface area contributed by atoms with Crippen LogP contribution in [0.1, 0.15) is 57.1 Å². The lowest BCUT2D eigenvalue weighted by Crippen LogP contribution is -2.27. The Morgan fingerprint density at radius 3 is 1.24 bits per heavy atom. The molecule has 5 aromatic rings. The highest BCUT2D eigenvalue weighted by Gasteiger charge is 2.27. The molecule has 5 rings (SSSR count). The summed E-state index contributed by atoms with van der Waals surface area (Å²) in [4.78, 5) is 26.3. The first-order valence-electron chi connectivity index (χ1n) is 15.4. The number of benzene rings is 3. The Hall–Kier alpha value is -5.94. The second kappa shape index (κ2) is 14.7. The molecule has 0 radical (unpaired) electrons. The summed E-state index contributed by atoms with van der Waals surface area (Å²) in [5, 5.41) is 38.8. The number of nitrogens with one attached hydrogen (secondary N) is 2. The zero-order valence-electron chi connectivity index (χ0n) is 27.5. The number of halogens is 2. The van der Waals surface area contributed by atoms with E-state index in [0.29, 0.717) is 55.3 Å². The number of carbonyl (C=O) groups excluding carboxylic acids is 2. The molecule has 0 amide bonds. The smallest absolute Gasteiger partial charge is 0.342 e. The highest BCUT2D eigenvalue weighted by molar-refractivity contribution is 6.31. The van der Waals surface area contributed by atoms with Crippen LogP contribution in [0.5, 0.6) is 0 Å². The molecule has 0 saturated heterocycles. The molecule has 0 unspecified atom stereocenters. The van der Waals surface area contributed by atoms with Gasteiger partial charge in [-0.25, -0.2) is 9.59 Å². The monoisotopic (exact) mass is 704 g/mol. The van der Waals surface area contributed by atoms with Crippen molar-refractivity contribution in [1.29, 1.82) is 21.3 Å². The molecular weight excluding hydrogens is 675 g/mol. The predicted molar refractivity (Wildman–Crippen MR) is 189 cm³/mol. The Kier molecular flexibility index (Phi) is 10.4. The lowest BCUT2D eigenvalue weighted by Gasteiger charge is -2.24. The van der Waals surface area contributed by atoms with Gasteiger partial charge in [0.15, 0.2) is 0 Å². The van der Waals surface area contributed by atoms with Crippen LogP contribution in [-0.4, -0.2) is 34.3 Å². The number of nitrogens with zero attached hydrogens (tertiary/aromatic N) is 4. The number of hydrogen-bond donors (Lipinski definition) is 2. The fourth-order valence-corrected chi connectivity index (χ4v) is 6.17.